The lowest BCUT2D eigenvalue weighted by Gasteiger charge is -2.26. The van der Waals surface area contributed by atoms with Crippen LogP contribution in [0.5, 0.6) is 0 Å². The second kappa shape index (κ2) is 7.49. The van der Waals surface area contributed by atoms with E-state index >= 15 is 0 Å². The van der Waals surface area contributed by atoms with Crippen LogP contribution in [-0.4, -0.2) is 33.2 Å². The number of carbonyl (C=O) groups excluding carboxylic acids is 1. The van der Waals surface area contributed by atoms with Gasteiger partial charge in [-0.3, -0.25) is 9.48 Å². The molecule has 0 saturated carbocycles. The summed E-state index contributed by atoms with van der Waals surface area (Å²) in [6.07, 6.45) is 2.02. The second-order valence-corrected chi connectivity index (χ2v) is 7.17. The van der Waals surface area contributed by atoms with Crippen molar-refractivity contribution >= 4 is 5.91 Å². The molecule has 1 amide bonds. The van der Waals surface area contributed by atoms with Crippen molar-refractivity contribution in [3.63, 3.8) is 0 Å². The first-order valence-corrected chi connectivity index (χ1v) is 9.32. The van der Waals surface area contributed by atoms with Gasteiger partial charge in [-0.1, -0.05) is 18.2 Å². The van der Waals surface area contributed by atoms with Gasteiger partial charge < -0.3 is 10.6 Å². The number of halogens is 1. The number of nitrogens with two attached hydrogens (primary N) is 1. The minimum Gasteiger partial charge on any atom is -0.330 e. The van der Waals surface area contributed by atoms with Crippen LogP contribution < -0.4 is 5.73 Å². The zero-order valence-corrected chi connectivity index (χ0v) is 16.0. The highest BCUT2D eigenvalue weighted by Crippen LogP contribution is 2.31. The van der Waals surface area contributed by atoms with E-state index in [4.69, 9.17) is 5.73 Å². The molecular formula is C22H20FN5O. The molecule has 4 rings (SSSR count). The molecule has 6 nitrogen and oxygen atoms in total. The Morgan fingerprint density at radius 3 is 2.86 bits per heavy atom. The van der Waals surface area contributed by atoms with Crippen LogP contribution in [-0.2, 0) is 20.0 Å². The predicted molar refractivity (Wildman–Crippen MR) is 106 cm³/mol. The summed E-state index contributed by atoms with van der Waals surface area (Å²) in [6.45, 7) is 0.711. The maximum Gasteiger partial charge on any atom is 0.254 e. The summed E-state index contributed by atoms with van der Waals surface area (Å²) in [6, 6.07) is 13.8. The molecule has 1 aromatic heterocycles. The van der Waals surface area contributed by atoms with E-state index < -0.39 is 0 Å². The summed E-state index contributed by atoms with van der Waals surface area (Å²) in [7, 11) is 1.78. The molecule has 0 aliphatic carbocycles. The van der Waals surface area contributed by atoms with Crippen LogP contribution in [0, 0.1) is 17.1 Å². The summed E-state index contributed by atoms with van der Waals surface area (Å²) in [5, 5.41) is 13.5. The average molecular weight is 389 g/mol. The first kappa shape index (κ1) is 18.8. The van der Waals surface area contributed by atoms with Crippen molar-refractivity contribution in [1.29, 1.82) is 5.26 Å². The maximum absolute atomic E-state index is 13.5. The Hall–Kier alpha value is -3.50. The number of carbonyl (C=O) groups is 1. The monoisotopic (exact) mass is 389 g/mol. The fourth-order valence-electron chi connectivity index (χ4n) is 3.90. The van der Waals surface area contributed by atoms with Gasteiger partial charge in [0, 0.05) is 37.3 Å². The lowest BCUT2D eigenvalue weighted by Crippen LogP contribution is -2.42. The summed E-state index contributed by atoms with van der Waals surface area (Å²) < 4.78 is 15.2. The summed E-state index contributed by atoms with van der Waals surface area (Å²) in [5.41, 5.74) is 10.3. The van der Waals surface area contributed by atoms with Crippen molar-refractivity contribution in [3.8, 4) is 17.3 Å². The summed E-state index contributed by atoms with van der Waals surface area (Å²) in [4.78, 5) is 14.7. The number of amides is 1. The molecule has 0 spiro atoms. The lowest BCUT2D eigenvalue weighted by molar-refractivity contribution is 0.0708. The number of nitrogens with zero attached hydrogens (tertiary/aromatic N) is 4. The van der Waals surface area contributed by atoms with Gasteiger partial charge in [-0.2, -0.15) is 10.4 Å². The van der Waals surface area contributed by atoms with Crippen LogP contribution in [0.3, 0.4) is 0 Å². The van der Waals surface area contributed by atoms with Crippen LogP contribution in [0.15, 0.2) is 48.7 Å². The molecule has 3 aromatic rings. The highest BCUT2D eigenvalue weighted by Gasteiger charge is 2.32. The predicted octanol–water partition coefficient (Wildman–Crippen LogP) is 2.62. The molecule has 2 N–H and O–H groups in total. The highest BCUT2D eigenvalue weighted by molar-refractivity contribution is 5.99. The van der Waals surface area contributed by atoms with Crippen molar-refractivity contribution in [2.75, 3.05) is 6.54 Å². The van der Waals surface area contributed by atoms with Crippen LogP contribution in [0.2, 0.25) is 0 Å². The highest BCUT2D eigenvalue weighted by atomic mass is 19.1. The molecule has 146 valence electrons. The smallest absolute Gasteiger partial charge is 0.254 e. The third-order valence-corrected chi connectivity index (χ3v) is 5.34. The van der Waals surface area contributed by atoms with E-state index in [2.05, 4.69) is 11.2 Å². The molecule has 0 saturated heterocycles. The third-order valence-electron chi connectivity index (χ3n) is 5.34. The number of aromatic nitrogens is 2. The number of rotatable bonds is 5. The minimum atomic E-state index is -0.302. The summed E-state index contributed by atoms with van der Waals surface area (Å²) in [5.74, 6) is -0.382. The third kappa shape index (κ3) is 3.39. The van der Waals surface area contributed by atoms with Gasteiger partial charge in [-0.25, -0.2) is 4.39 Å². The number of aryl methyl sites for hydroxylation is 1. The fourth-order valence-corrected chi connectivity index (χ4v) is 3.90. The quantitative estimate of drug-likeness (QED) is 0.727. The number of nitriles is 1. The largest absolute Gasteiger partial charge is 0.330 e. The molecule has 1 aliphatic heterocycles. The van der Waals surface area contributed by atoms with Crippen molar-refractivity contribution in [1.82, 2.24) is 14.7 Å². The maximum atomic E-state index is 13.5. The molecule has 7 heteroatoms. The van der Waals surface area contributed by atoms with Crippen LogP contribution in [0.25, 0.3) is 11.3 Å². The molecule has 0 bridgehead atoms. The van der Waals surface area contributed by atoms with E-state index in [1.807, 2.05) is 18.2 Å². The van der Waals surface area contributed by atoms with E-state index in [1.54, 1.807) is 28.8 Å². The fraction of sp³-hybridized carbons (Fsp3) is 0.227. The minimum absolute atomic E-state index is 0.0797. The number of fused-ring (bicyclic) bond motifs is 1. The van der Waals surface area contributed by atoms with Crippen molar-refractivity contribution in [3.05, 3.63) is 76.7 Å². The first-order valence-electron chi connectivity index (χ1n) is 9.32. The Bertz CT molecular complexity index is 1130. The van der Waals surface area contributed by atoms with Gasteiger partial charge in [0.15, 0.2) is 0 Å². The van der Waals surface area contributed by atoms with E-state index in [-0.39, 0.29) is 24.3 Å². The van der Waals surface area contributed by atoms with Crippen molar-refractivity contribution < 1.29 is 9.18 Å². The van der Waals surface area contributed by atoms with Crippen molar-refractivity contribution in [2.24, 2.45) is 12.8 Å². The first-order chi connectivity index (χ1) is 14.0. The van der Waals surface area contributed by atoms with Gasteiger partial charge in [0.1, 0.15) is 11.9 Å². The molecular weight excluding hydrogens is 369 g/mol. The van der Waals surface area contributed by atoms with Gasteiger partial charge in [0.2, 0.25) is 0 Å². The normalized spacial score (nSPS) is 14.0. The molecule has 2 heterocycles. The molecule has 0 radical (unpaired) electrons. The Labute approximate surface area is 168 Å². The standard InChI is InChI=1S/C22H20FN5O/c1-27-21(17(10-24)12-26-27)15-5-6-20-16(9-15)13-28(22(20)29)19(11-25)8-14-3-2-4-18(23)7-14/h2-7,9,12,19H,8,11,13,25H2,1H3. The Morgan fingerprint density at radius 1 is 1.31 bits per heavy atom. The molecule has 29 heavy (non-hydrogen) atoms. The van der Waals surface area contributed by atoms with Gasteiger partial charge in [-0.15, -0.1) is 0 Å². The van der Waals surface area contributed by atoms with Gasteiger partial charge >= 0.3 is 0 Å². The number of hydrogen-bond donors (Lipinski definition) is 1. The zero-order chi connectivity index (χ0) is 20.5. The van der Waals surface area contributed by atoms with Crippen molar-refractivity contribution in [2.45, 2.75) is 19.0 Å². The second-order valence-electron chi connectivity index (χ2n) is 7.17. The van der Waals surface area contributed by atoms with Gasteiger partial charge in [-0.05, 0) is 41.8 Å². The van der Waals surface area contributed by atoms with E-state index in [0.29, 0.717) is 24.1 Å². The Morgan fingerprint density at radius 2 is 2.14 bits per heavy atom. The van der Waals surface area contributed by atoms with Crippen LogP contribution in [0.4, 0.5) is 4.39 Å². The lowest BCUT2D eigenvalue weighted by atomic mass is 10.0. The van der Waals surface area contributed by atoms with Gasteiger partial charge in [0.25, 0.3) is 5.91 Å². The van der Waals surface area contributed by atoms with Crippen LogP contribution in [0.1, 0.15) is 27.0 Å². The molecule has 0 fully saturated rings. The van der Waals surface area contributed by atoms with Crippen LogP contribution >= 0.6 is 0 Å². The zero-order valence-electron chi connectivity index (χ0n) is 16.0. The number of benzene rings is 2. The Kier molecular flexibility index (Phi) is 4.87. The average Bonchev–Trinajstić information content (AvgIpc) is 3.25. The SMILES string of the molecule is Cn1ncc(C#N)c1-c1ccc2c(c1)CN(C(CN)Cc1cccc(F)c1)C2=O. The Balaban J connectivity index is 1.62. The molecule has 1 atom stereocenters. The van der Waals surface area contributed by atoms with Gasteiger partial charge in [0.05, 0.1) is 17.5 Å². The number of hydrogen-bond acceptors (Lipinski definition) is 4. The van der Waals surface area contributed by atoms with E-state index in [9.17, 15) is 14.4 Å². The summed E-state index contributed by atoms with van der Waals surface area (Å²) >= 11 is 0. The molecule has 1 unspecified atom stereocenters. The van der Waals surface area contributed by atoms with E-state index in [1.165, 1.54) is 18.3 Å². The molecule has 2 aromatic carbocycles. The van der Waals surface area contributed by atoms with E-state index in [0.717, 1.165) is 22.4 Å². The molecule has 1 aliphatic rings. The topological polar surface area (TPSA) is 87.9 Å².